The third-order valence-corrected chi connectivity index (χ3v) is 2.39. The van der Waals surface area contributed by atoms with Gasteiger partial charge in [0.1, 0.15) is 0 Å². The summed E-state index contributed by atoms with van der Waals surface area (Å²) in [5.41, 5.74) is 0.338. The Hall–Kier alpha value is -2.44. The topological polar surface area (TPSA) is 81.6 Å². The minimum Gasteiger partial charge on any atom is -0.481 e. The molecule has 0 aromatic carbocycles. The van der Waals surface area contributed by atoms with Gasteiger partial charge in [0, 0.05) is 11.6 Å². The minimum atomic E-state index is -0.479. The average molecular weight is 249 g/mol. The summed E-state index contributed by atoms with van der Waals surface area (Å²) in [6.07, 6.45) is 1.23. The Balaban J connectivity index is 2.46. The number of anilines is 1. The molecule has 0 N–H and O–H groups in total. The second-order valence-electron chi connectivity index (χ2n) is 3.56. The lowest BCUT2D eigenvalue weighted by Gasteiger charge is -2.13. The summed E-state index contributed by atoms with van der Waals surface area (Å²) >= 11 is 0. The summed E-state index contributed by atoms with van der Waals surface area (Å²) < 4.78 is 9.91. The second-order valence-corrected chi connectivity index (χ2v) is 3.56. The Bertz CT molecular complexity index is 531. The molecular formula is C11H11N3O4. The maximum Gasteiger partial charge on any atom is 0.263 e. The Labute approximate surface area is 103 Å². The minimum absolute atomic E-state index is 0.0608. The van der Waals surface area contributed by atoms with Gasteiger partial charge >= 0.3 is 0 Å². The molecule has 0 aliphatic carbocycles. The predicted molar refractivity (Wildman–Crippen MR) is 61.4 cm³/mol. The van der Waals surface area contributed by atoms with E-state index in [4.69, 9.17) is 9.47 Å². The van der Waals surface area contributed by atoms with Crippen molar-refractivity contribution in [2.45, 2.75) is 6.92 Å². The number of hydrogen-bond donors (Lipinski definition) is 0. The molecule has 2 amide bonds. The zero-order valence-corrected chi connectivity index (χ0v) is 10.1. The monoisotopic (exact) mass is 249 g/mol. The lowest BCUT2D eigenvalue weighted by molar-refractivity contribution is -0.120. The molecule has 2 heterocycles. The number of aromatic nitrogens is 2. The van der Waals surface area contributed by atoms with Crippen molar-refractivity contribution < 1.29 is 19.1 Å². The van der Waals surface area contributed by atoms with Gasteiger partial charge in [0.05, 0.1) is 20.3 Å². The maximum atomic E-state index is 11.8. The Kier molecular flexibility index (Phi) is 2.97. The average Bonchev–Trinajstić information content (AvgIpc) is 2.62. The first-order valence-electron chi connectivity index (χ1n) is 5.10. The number of carbonyl (C=O) groups excluding carboxylic acids is 2. The van der Waals surface area contributed by atoms with Gasteiger partial charge in [0.25, 0.3) is 11.8 Å². The summed E-state index contributed by atoms with van der Waals surface area (Å²) in [6.45, 7) is 1.55. The van der Waals surface area contributed by atoms with Crippen LogP contribution in [0.2, 0.25) is 0 Å². The molecule has 0 atom stereocenters. The van der Waals surface area contributed by atoms with E-state index in [9.17, 15) is 9.59 Å². The number of ether oxygens (including phenoxy) is 2. The molecule has 18 heavy (non-hydrogen) atoms. The standard InChI is InChI=1S/C11H11N3O4/c1-6-4-9(15)14(10(6)16)11-12-7(17-2)5-8(13-11)18-3/h4-5H,1-3H3. The Morgan fingerprint density at radius 3 is 2.06 bits per heavy atom. The maximum absolute atomic E-state index is 11.8. The highest BCUT2D eigenvalue weighted by atomic mass is 16.5. The largest absolute Gasteiger partial charge is 0.481 e. The third-order valence-electron chi connectivity index (χ3n) is 2.39. The molecule has 0 saturated carbocycles. The fourth-order valence-corrected chi connectivity index (χ4v) is 1.48. The molecule has 0 radical (unpaired) electrons. The highest BCUT2D eigenvalue weighted by Gasteiger charge is 2.32. The summed E-state index contributed by atoms with van der Waals surface area (Å²) in [7, 11) is 2.84. The second kappa shape index (κ2) is 4.44. The molecule has 1 aliphatic rings. The van der Waals surface area contributed by atoms with E-state index in [2.05, 4.69) is 9.97 Å². The normalized spacial score (nSPS) is 14.8. The highest BCUT2D eigenvalue weighted by molar-refractivity contribution is 6.29. The van der Waals surface area contributed by atoms with Crippen LogP contribution in [0, 0.1) is 0 Å². The zero-order chi connectivity index (χ0) is 13.3. The number of hydrogen-bond acceptors (Lipinski definition) is 6. The van der Waals surface area contributed by atoms with Crippen LogP contribution in [-0.2, 0) is 9.59 Å². The number of amides is 2. The van der Waals surface area contributed by atoms with E-state index in [0.717, 1.165) is 4.90 Å². The van der Waals surface area contributed by atoms with Crippen molar-refractivity contribution in [3.63, 3.8) is 0 Å². The third kappa shape index (κ3) is 1.90. The highest BCUT2D eigenvalue weighted by Crippen LogP contribution is 2.24. The van der Waals surface area contributed by atoms with Crippen LogP contribution in [0.15, 0.2) is 17.7 Å². The molecule has 0 bridgehead atoms. The van der Waals surface area contributed by atoms with E-state index in [1.807, 2.05) is 0 Å². The van der Waals surface area contributed by atoms with Gasteiger partial charge in [-0.2, -0.15) is 9.97 Å². The molecule has 0 fully saturated rings. The predicted octanol–water partition coefficient (Wildman–Crippen LogP) is 0.313. The van der Waals surface area contributed by atoms with Crippen LogP contribution in [0.1, 0.15) is 6.92 Å². The first-order valence-corrected chi connectivity index (χ1v) is 5.10. The molecule has 0 saturated heterocycles. The van der Waals surface area contributed by atoms with E-state index in [-0.39, 0.29) is 17.7 Å². The van der Waals surface area contributed by atoms with Crippen LogP contribution >= 0.6 is 0 Å². The molecule has 1 aromatic heterocycles. The quantitative estimate of drug-likeness (QED) is 0.717. The molecule has 0 unspecified atom stereocenters. The molecule has 0 spiro atoms. The van der Waals surface area contributed by atoms with Crippen LogP contribution < -0.4 is 14.4 Å². The molecule has 7 nitrogen and oxygen atoms in total. The Morgan fingerprint density at radius 2 is 1.67 bits per heavy atom. The summed E-state index contributed by atoms with van der Waals surface area (Å²) in [5.74, 6) is -0.568. The number of rotatable bonds is 3. The molecule has 1 aliphatic heterocycles. The summed E-state index contributed by atoms with van der Waals surface area (Å²) in [5, 5.41) is 0. The van der Waals surface area contributed by atoms with Crippen LogP contribution in [0.3, 0.4) is 0 Å². The van der Waals surface area contributed by atoms with Gasteiger partial charge in [-0.05, 0) is 6.92 Å². The lowest BCUT2D eigenvalue weighted by atomic mass is 10.3. The fourth-order valence-electron chi connectivity index (χ4n) is 1.48. The van der Waals surface area contributed by atoms with E-state index >= 15 is 0 Å². The summed E-state index contributed by atoms with van der Waals surface area (Å²) in [6, 6.07) is 1.45. The van der Waals surface area contributed by atoms with Crippen molar-refractivity contribution in [2.75, 3.05) is 19.1 Å². The smallest absolute Gasteiger partial charge is 0.263 e. The SMILES string of the molecule is COc1cc(OC)nc(N2C(=O)C=C(C)C2=O)n1. The van der Waals surface area contributed by atoms with Crippen LogP contribution in [0.4, 0.5) is 5.95 Å². The molecule has 94 valence electrons. The van der Waals surface area contributed by atoms with E-state index < -0.39 is 11.8 Å². The van der Waals surface area contributed by atoms with E-state index in [0.29, 0.717) is 5.57 Å². The van der Waals surface area contributed by atoms with E-state index in [1.165, 1.54) is 26.4 Å². The Morgan fingerprint density at radius 1 is 1.11 bits per heavy atom. The summed E-state index contributed by atoms with van der Waals surface area (Å²) in [4.78, 5) is 32.2. The molecule has 7 heteroatoms. The van der Waals surface area contributed by atoms with Crippen molar-refractivity contribution >= 4 is 17.8 Å². The van der Waals surface area contributed by atoms with Crippen molar-refractivity contribution in [1.82, 2.24) is 9.97 Å². The molecular weight excluding hydrogens is 238 g/mol. The molecule has 2 rings (SSSR count). The van der Waals surface area contributed by atoms with Crippen molar-refractivity contribution in [3.05, 3.63) is 17.7 Å². The van der Waals surface area contributed by atoms with Crippen LogP contribution in [0.5, 0.6) is 11.8 Å². The van der Waals surface area contributed by atoms with Gasteiger partial charge < -0.3 is 9.47 Å². The van der Waals surface area contributed by atoms with Crippen molar-refractivity contribution in [3.8, 4) is 11.8 Å². The first kappa shape index (κ1) is 12.0. The lowest BCUT2D eigenvalue weighted by Crippen LogP contribution is -2.32. The van der Waals surface area contributed by atoms with Gasteiger partial charge in [0.15, 0.2) is 0 Å². The van der Waals surface area contributed by atoms with Gasteiger partial charge in [-0.1, -0.05) is 0 Å². The van der Waals surface area contributed by atoms with Gasteiger partial charge in [0.2, 0.25) is 17.7 Å². The van der Waals surface area contributed by atoms with E-state index in [1.54, 1.807) is 6.92 Å². The van der Waals surface area contributed by atoms with Crippen LogP contribution in [0.25, 0.3) is 0 Å². The zero-order valence-electron chi connectivity index (χ0n) is 10.1. The van der Waals surface area contributed by atoms with Crippen LogP contribution in [-0.4, -0.2) is 36.0 Å². The number of imide groups is 1. The molecule has 1 aromatic rings. The van der Waals surface area contributed by atoms with Crippen molar-refractivity contribution in [1.29, 1.82) is 0 Å². The number of methoxy groups -OCH3 is 2. The number of carbonyl (C=O) groups is 2. The van der Waals surface area contributed by atoms with Crippen molar-refractivity contribution in [2.24, 2.45) is 0 Å². The fraction of sp³-hybridized carbons (Fsp3) is 0.273. The number of nitrogens with zero attached hydrogens (tertiary/aromatic N) is 3. The van der Waals surface area contributed by atoms with Gasteiger partial charge in [-0.3, -0.25) is 9.59 Å². The van der Waals surface area contributed by atoms with Gasteiger partial charge in [-0.15, -0.1) is 0 Å². The van der Waals surface area contributed by atoms with Gasteiger partial charge in [-0.25, -0.2) is 4.90 Å². The first-order chi connectivity index (χ1) is 8.56.